The topological polar surface area (TPSA) is 79.2 Å². The third-order valence-corrected chi connectivity index (χ3v) is 2.62. The molecule has 0 radical (unpaired) electrons. The zero-order valence-corrected chi connectivity index (χ0v) is 10.5. The van der Waals surface area contributed by atoms with Gasteiger partial charge in [0.25, 0.3) is 0 Å². The maximum atomic E-state index is 11.1. The first-order valence-electron chi connectivity index (χ1n) is 5.76. The van der Waals surface area contributed by atoms with Crippen LogP contribution in [0.3, 0.4) is 0 Å². The molecular weight excluding hydrogens is 244 g/mol. The smallest absolute Gasteiger partial charge is 0.339 e. The summed E-state index contributed by atoms with van der Waals surface area (Å²) >= 11 is 0. The first kappa shape index (κ1) is 13.1. The van der Waals surface area contributed by atoms with Crippen LogP contribution in [0.5, 0.6) is 0 Å². The Labute approximate surface area is 110 Å². The Morgan fingerprint density at radius 2 is 2.16 bits per heavy atom. The van der Waals surface area contributed by atoms with Crippen LogP contribution in [0.2, 0.25) is 0 Å². The number of nitrogens with zero attached hydrogens (tertiary/aromatic N) is 4. The number of carbonyl (C=O) groups is 1. The van der Waals surface area contributed by atoms with Gasteiger partial charge in [0.05, 0.1) is 5.69 Å². The number of hydrogen-bond donors (Lipinski definition) is 1. The summed E-state index contributed by atoms with van der Waals surface area (Å²) in [4.78, 5) is 24.8. The van der Waals surface area contributed by atoms with Crippen LogP contribution in [-0.2, 0) is 13.1 Å². The van der Waals surface area contributed by atoms with Crippen LogP contribution < -0.4 is 0 Å². The molecule has 2 rings (SSSR count). The van der Waals surface area contributed by atoms with Gasteiger partial charge >= 0.3 is 5.97 Å². The van der Waals surface area contributed by atoms with Crippen molar-refractivity contribution < 1.29 is 9.90 Å². The summed E-state index contributed by atoms with van der Waals surface area (Å²) in [5.74, 6) is -1.01. The molecular formula is C13H14N4O2. The van der Waals surface area contributed by atoms with Crippen molar-refractivity contribution in [1.29, 1.82) is 0 Å². The molecule has 19 heavy (non-hydrogen) atoms. The van der Waals surface area contributed by atoms with Gasteiger partial charge in [0, 0.05) is 31.7 Å². The van der Waals surface area contributed by atoms with Crippen LogP contribution in [0.1, 0.15) is 21.6 Å². The van der Waals surface area contributed by atoms with Crippen molar-refractivity contribution in [2.75, 3.05) is 7.05 Å². The van der Waals surface area contributed by atoms with E-state index in [0.717, 1.165) is 5.56 Å². The van der Waals surface area contributed by atoms with Gasteiger partial charge in [-0.25, -0.2) is 14.8 Å². The number of aromatic carboxylic acids is 1. The molecule has 2 aromatic heterocycles. The summed E-state index contributed by atoms with van der Waals surface area (Å²) in [7, 11) is 1.90. The zero-order chi connectivity index (χ0) is 13.7. The van der Waals surface area contributed by atoms with Crippen molar-refractivity contribution in [3.05, 3.63) is 53.9 Å². The largest absolute Gasteiger partial charge is 0.478 e. The summed E-state index contributed by atoms with van der Waals surface area (Å²) in [6, 6.07) is 3.85. The molecule has 0 spiro atoms. The van der Waals surface area contributed by atoms with E-state index in [-0.39, 0.29) is 5.56 Å². The third kappa shape index (κ3) is 3.56. The molecule has 0 amide bonds. The first-order valence-corrected chi connectivity index (χ1v) is 5.76. The quantitative estimate of drug-likeness (QED) is 0.868. The molecule has 0 aliphatic rings. The number of rotatable bonds is 5. The fraction of sp³-hybridized carbons (Fsp3) is 0.231. The van der Waals surface area contributed by atoms with E-state index in [2.05, 4.69) is 15.0 Å². The average molecular weight is 258 g/mol. The zero-order valence-electron chi connectivity index (χ0n) is 10.5. The second kappa shape index (κ2) is 6.01. The predicted octanol–water partition coefficient (Wildman–Crippen LogP) is 1.20. The van der Waals surface area contributed by atoms with Crippen molar-refractivity contribution in [3.63, 3.8) is 0 Å². The maximum absolute atomic E-state index is 11.1. The van der Waals surface area contributed by atoms with E-state index < -0.39 is 5.97 Å². The summed E-state index contributed by atoms with van der Waals surface area (Å²) < 4.78 is 0. The van der Waals surface area contributed by atoms with E-state index in [1.54, 1.807) is 12.4 Å². The van der Waals surface area contributed by atoms with Crippen LogP contribution in [-0.4, -0.2) is 38.0 Å². The molecule has 0 saturated carbocycles. The first-order chi connectivity index (χ1) is 9.16. The Morgan fingerprint density at radius 3 is 2.84 bits per heavy atom. The molecule has 2 aromatic rings. The molecule has 0 bridgehead atoms. The van der Waals surface area contributed by atoms with Crippen LogP contribution in [0.25, 0.3) is 0 Å². The molecule has 0 saturated heterocycles. The van der Waals surface area contributed by atoms with Crippen LogP contribution >= 0.6 is 0 Å². The summed E-state index contributed by atoms with van der Waals surface area (Å²) in [6.07, 6.45) is 6.19. The van der Waals surface area contributed by atoms with Crippen LogP contribution in [0.15, 0.2) is 37.1 Å². The molecule has 1 N–H and O–H groups in total. The van der Waals surface area contributed by atoms with Crippen molar-refractivity contribution in [2.24, 2.45) is 0 Å². The number of carboxylic acids is 1. The molecule has 0 fully saturated rings. The second-order valence-electron chi connectivity index (χ2n) is 4.22. The van der Waals surface area contributed by atoms with Gasteiger partial charge in [0.2, 0.25) is 0 Å². The van der Waals surface area contributed by atoms with Crippen molar-refractivity contribution in [2.45, 2.75) is 13.1 Å². The lowest BCUT2D eigenvalue weighted by molar-refractivity contribution is 0.0693. The van der Waals surface area contributed by atoms with Gasteiger partial charge in [-0.3, -0.25) is 9.88 Å². The summed E-state index contributed by atoms with van der Waals surface area (Å²) in [6.45, 7) is 1.12. The SMILES string of the molecule is CN(Cc1cccnc1)Cc1ncncc1C(=O)O. The third-order valence-electron chi connectivity index (χ3n) is 2.62. The van der Waals surface area contributed by atoms with Crippen LogP contribution in [0, 0.1) is 0 Å². The van der Waals surface area contributed by atoms with Gasteiger partial charge in [-0.15, -0.1) is 0 Å². The van der Waals surface area contributed by atoms with Gasteiger partial charge in [0.1, 0.15) is 11.9 Å². The lowest BCUT2D eigenvalue weighted by Gasteiger charge is -2.16. The molecule has 0 aliphatic carbocycles. The Kier molecular flexibility index (Phi) is 4.15. The molecule has 2 heterocycles. The molecule has 0 atom stereocenters. The van der Waals surface area contributed by atoms with Gasteiger partial charge in [-0.2, -0.15) is 0 Å². The Morgan fingerprint density at radius 1 is 1.32 bits per heavy atom. The van der Waals surface area contributed by atoms with E-state index in [9.17, 15) is 4.79 Å². The Balaban J connectivity index is 2.07. The van der Waals surface area contributed by atoms with E-state index >= 15 is 0 Å². The van der Waals surface area contributed by atoms with Gasteiger partial charge < -0.3 is 5.11 Å². The van der Waals surface area contributed by atoms with Crippen molar-refractivity contribution in [1.82, 2.24) is 19.9 Å². The monoisotopic (exact) mass is 258 g/mol. The minimum Gasteiger partial charge on any atom is -0.478 e. The Hall–Kier alpha value is -2.34. The lowest BCUT2D eigenvalue weighted by Crippen LogP contribution is -2.20. The number of hydrogen-bond acceptors (Lipinski definition) is 5. The van der Waals surface area contributed by atoms with E-state index in [1.807, 2.05) is 24.1 Å². The van der Waals surface area contributed by atoms with E-state index in [0.29, 0.717) is 18.8 Å². The highest BCUT2D eigenvalue weighted by atomic mass is 16.4. The van der Waals surface area contributed by atoms with Crippen molar-refractivity contribution in [3.8, 4) is 0 Å². The molecule has 0 aliphatic heterocycles. The second-order valence-corrected chi connectivity index (χ2v) is 4.22. The van der Waals surface area contributed by atoms with Crippen LogP contribution in [0.4, 0.5) is 0 Å². The highest BCUT2D eigenvalue weighted by Gasteiger charge is 2.13. The standard InChI is InChI=1S/C13H14N4O2/c1-17(7-10-3-2-4-14-5-10)8-12-11(13(18)19)6-15-9-16-12/h2-6,9H,7-8H2,1H3,(H,18,19). The molecule has 0 unspecified atom stereocenters. The fourth-order valence-electron chi connectivity index (χ4n) is 1.77. The van der Waals surface area contributed by atoms with Gasteiger partial charge in [-0.05, 0) is 18.7 Å². The fourth-order valence-corrected chi connectivity index (χ4v) is 1.77. The molecule has 6 nitrogen and oxygen atoms in total. The summed E-state index contributed by atoms with van der Waals surface area (Å²) in [5.41, 5.74) is 1.71. The average Bonchev–Trinajstić information content (AvgIpc) is 2.40. The molecule has 0 aromatic carbocycles. The maximum Gasteiger partial charge on any atom is 0.339 e. The highest BCUT2D eigenvalue weighted by Crippen LogP contribution is 2.09. The normalized spacial score (nSPS) is 10.6. The predicted molar refractivity (Wildman–Crippen MR) is 68.4 cm³/mol. The minimum atomic E-state index is -1.01. The highest BCUT2D eigenvalue weighted by molar-refractivity contribution is 5.88. The number of carboxylic acid groups (broad SMARTS) is 1. The minimum absolute atomic E-state index is 0.139. The number of pyridine rings is 1. The van der Waals surface area contributed by atoms with Gasteiger partial charge in [0.15, 0.2) is 0 Å². The summed E-state index contributed by atoms with van der Waals surface area (Å²) in [5, 5.41) is 9.06. The molecule has 98 valence electrons. The van der Waals surface area contributed by atoms with Crippen molar-refractivity contribution >= 4 is 5.97 Å². The Bertz CT molecular complexity index is 560. The van der Waals surface area contributed by atoms with Gasteiger partial charge in [-0.1, -0.05) is 6.07 Å². The molecule has 6 heteroatoms. The number of aromatic nitrogens is 3. The lowest BCUT2D eigenvalue weighted by atomic mass is 10.2. The van der Waals surface area contributed by atoms with E-state index in [1.165, 1.54) is 12.5 Å². The van der Waals surface area contributed by atoms with E-state index in [4.69, 9.17) is 5.11 Å².